The van der Waals surface area contributed by atoms with Gasteiger partial charge in [-0.2, -0.15) is 0 Å². The molecule has 0 aromatic carbocycles. The van der Waals surface area contributed by atoms with E-state index >= 15 is 0 Å². The van der Waals surface area contributed by atoms with Crippen LogP contribution in [0.2, 0.25) is 0 Å². The van der Waals surface area contributed by atoms with Crippen LogP contribution in [0.3, 0.4) is 0 Å². The molecule has 0 unspecified atom stereocenters. The molecule has 0 aliphatic heterocycles. The standard InChI is InChI=1S/C22H47O7P.2Na/c1-2-3-4-5-6-7-8-9-10-11-12-13-14-15-16-26-17-18-27-19-20-28-21-22-29-30(23,24)25;;/h2-22H2,1H3,(H2,23,24,25);;/q;2*+1/p-2. The minimum Gasteiger partial charge on any atom is -0.790 e. The van der Waals surface area contributed by atoms with Crippen LogP contribution in [0.4, 0.5) is 0 Å². The van der Waals surface area contributed by atoms with E-state index in [4.69, 9.17) is 14.2 Å². The van der Waals surface area contributed by atoms with Crippen LogP contribution in [-0.2, 0) is 23.3 Å². The summed E-state index contributed by atoms with van der Waals surface area (Å²) in [7, 11) is -4.89. The Balaban J connectivity index is -0.00000420. The van der Waals surface area contributed by atoms with Gasteiger partial charge < -0.3 is 33.1 Å². The van der Waals surface area contributed by atoms with Crippen LogP contribution >= 0.6 is 7.82 Å². The van der Waals surface area contributed by atoms with Gasteiger partial charge in [0.1, 0.15) is 0 Å². The average Bonchev–Trinajstić information content (AvgIpc) is 2.70. The van der Waals surface area contributed by atoms with Crippen molar-refractivity contribution in [2.45, 2.75) is 96.8 Å². The summed E-state index contributed by atoms with van der Waals surface area (Å²) in [5.41, 5.74) is 0. The molecule has 0 aromatic rings. The van der Waals surface area contributed by atoms with Crippen molar-refractivity contribution in [3.8, 4) is 0 Å². The number of phosphoric acid groups is 1. The summed E-state index contributed by atoms with van der Waals surface area (Å²) in [6, 6.07) is 0. The van der Waals surface area contributed by atoms with Crippen molar-refractivity contribution >= 4 is 7.82 Å². The molecule has 10 heteroatoms. The smallest absolute Gasteiger partial charge is 0.790 e. The molecule has 0 heterocycles. The van der Waals surface area contributed by atoms with Gasteiger partial charge in [0.25, 0.3) is 0 Å². The van der Waals surface area contributed by atoms with Crippen LogP contribution < -0.4 is 68.9 Å². The van der Waals surface area contributed by atoms with E-state index in [1.165, 1.54) is 83.5 Å². The van der Waals surface area contributed by atoms with Gasteiger partial charge in [0.2, 0.25) is 0 Å². The van der Waals surface area contributed by atoms with E-state index < -0.39 is 7.82 Å². The summed E-state index contributed by atoms with van der Waals surface area (Å²) in [6.45, 7) is 4.63. The molecule has 0 atom stereocenters. The molecule has 0 bridgehead atoms. The third-order valence-electron chi connectivity index (χ3n) is 4.86. The van der Waals surface area contributed by atoms with Crippen molar-refractivity contribution in [3.05, 3.63) is 0 Å². The fourth-order valence-electron chi connectivity index (χ4n) is 3.15. The molecule has 0 N–H and O–H groups in total. The summed E-state index contributed by atoms with van der Waals surface area (Å²) in [5.74, 6) is 0. The third-order valence-corrected chi connectivity index (χ3v) is 5.36. The number of hydrogen-bond acceptors (Lipinski definition) is 7. The molecule has 7 nitrogen and oxygen atoms in total. The van der Waals surface area contributed by atoms with Crippen molar-refractivity contribution in [1.29, 1.82) is 0 Å². The number of unbranched alkanes of at least 4 members (excludes halogenated alkanes) is 13. The molecule has 182 valence electrons. The zero-order valence-electron chi connectivity index (χ0n) is 21.2. The molecular weight excluding hydrogens is 453 g/mol. The number of hydrogen-bond donors (Lipinski definition) is 0. The Bertz CT molecular complexity index is 387. The van der Waals surface area contributed by atoms with Crippen molar-refractivity contribution in [2.75, 3.05) is 46.2 Å². The Kier molecular flexibility index (Phi) is 37.3. The van der Waals surface area contributed by atoms with Crippen LogP contribution in [0.1, 0.15) is 96.8 Å². The maximum atomic E-state index is 10.2. The molecule has 32 heavy (non-hydrogen) atoms. The molecule has 0 aliphatic rings. The van der Waals surface area contributed by atoms with E-state index in [-0.39, 0.29) is 72.3 Å². The minimum atomic E-state index is -4.89. The first kappa shape index (κ1) is 38.5. The van der Waals surface area contributed by atoms with Crippen LogP contribution in [0.25, 0.3) is 0 Å². The van der Waals surface area contributed by atoms with Crippen molar-refractivity contribution in [1.82, 2.24) is 0 Å². The van der Waals surface area contributed by atoms with E-state index in [0.29, 0.717) is 26.4 Å². The first-order chi connectivity index (χ1) is 14.6. The molecule has 0 spiro atoms. The van der Waals surface area contributed by atoms with Crippen LogP contribution in [0.15, 0.2) is 0 Å². The van der Waals surface area contributed by atoms with E-state index in [2.05, 4.69) is 11.4 Å². The van der Waals surface area contributed by atoms with Crippen molar-refractivity contribution in [3.63, 3.8) is 0 Å². The molecule has 0 rings (SSSR count). The second-order valence-corrected chi connectivity index (χ2v) is 8.87. The predicted octanol–water partition coefficient (Wildman–Crippen LogP) is -1.63. The maximum Gasteiger partial charge on any atom is 1.00 e. The van der Waals surface area contributed by atoms with Crippen LogP contribution in [0, 0.1) is 0 Å². The predicted molar refractivity (Wildman–Crippen MR) is 116 cm³/mol. The van der Waals surface area contributed by atoms with Gasteiger partial charge in [-0.15, -0.1) is 0 Å². The number of ether oxygens (including phenoxy) is 3. The Hall–Kier alpha value is 1.99. The Morgan fingerprint density at radius 3 is 1.19 bits per heavy atom. The molecule has 0 aromatic heterocycles. The van der Waals surface area contributed by atoms with Gasteiger partial charge in [-0.3, -0.25) is 0 Å². The second-order valence-electron chi connectivity index (χ2n) is 7.71. The molecule has 0 radical (unpaired) electrons. The van der Waals surface area contributed by atoms with E-state index in [9.17, 15) is 14.4 Å². The second kappa shape index (κ2) is 31.0. The fourth-order valence-corrected chi connectivity index (χ4v) is 3.45. The summed E-state index contributed by atoms with van der Waals surface area (Å²) in [6.07, 6.45) is 18.9. The monoisotopic (exact) mass is 498 g/mol. The van der Waals surface area contributed by atoms with Crippen LogP contribution in [-0.4, -0.2) is 46.2 Å². The summed E-state index contributed by atoms with van der Waals surface area (Å²) in [5, 5.41) is 0. The quantitative estimate of drug-likeness (QED) is 0.0847. The molecule has 0 saturated carbocycles. The van der Waals surface area contributed by atoms with E-state index in [1.54, 1.807) is 0 Å². The molecular formula is C22H45Na2O7P. The zero-order valence-corrected chi connectivity index (χ0v) is 26.0. The Morgan fingerprint density at radius 2 is 0.812 bits per heavy atom. The third kappa shape index (κ3) is 36.6. The van der Waals surface area contributed by atoms with Crippen LogP contribution in [0.5, 0.6) is 0 Å². The molecule has 0 saturated heterocycles. The first-order valence-electron chi connectivity index (χ1n) is 12.0. The van der Waals surface area contributed by atoms with Gasteiger partial charge in [0.15, 0.2) is 0 Å². The fraction of sp³-hybridized carbons (Fsp3) is 1.00. The van der Waals surface area contributed by atoms with Gasteiger partial charge >= 0.3 is 59.1 Å². The average molecular weight is 499 g/mol. The minimum absolute atomic E-state index is 0. The number of phosphoric ester groups is 1. The first-order valence-corrected chi connectivity index (χ1v) is 13.4. The Morgan fingerprint density at radius 1 is 0.500 bits per heavy atom. The SMILES string of the molecule is CCCCCCCCCCCCCCCCOCCOCCOCCOP(=O)([O-])[O-].[Na+].[Na+]. The zero-order chi connectivity index (χ0) is 22.2. The van der Waals surface area contributed by atoms with E-state index in [1.807, 2.05) is 0 Å². The summed E-state index contributed by atoms with van der Waals surface area (Å²) < 4.78 is 30.2. The number of rotatable bonds is 25. The van der Waals surface area contributed by atoms with Gasteiger partial charge in [0.05, 0.1) is 47.5 Å². The van der Waals surface area contributed by atoms with Gasteiger partial charge in [-0.05, 0) is 6.42 Å². The van der Waals surface area contributed by atoms with Crippen molar-refractivity contribution in [2.24, 2.45) is 0 Å². The Labute approximate surface area is 241 Å². The largest absolute Gasteiger partial charge is 1.00 e. The molecule has 0 fully saturated rings. The van der Waals surface area contributed by atoms with Gasteiger partial charge in [-0.25, -0.2) is 0 Å². The summed E-state index contributed by atoms with van der Waals surface area (Å²) in [4.78, 5) is 20.4. The van der Waals surface area contributed by atoms with E-state index in [0.717, 1.165) is 13.0 Å². The maximum absolute atomic E-state index is 10.2. The topological polar surface area (TPSA) is 100 Å². The molecule has 0 amide bonds. The van der Waals surface area contributed by atoms with Crippen molar-refractivity contribution < 1.29 is 92.2 Å². The molecule has 0 aliphatic carbocycles. The van der Waals surface area contributed by atoms with Gasteiger partial charge in [-0.1, -0.05) is 90.4 Å². The summed E-state index contributed by atoms with van der Waals surface area (Å²) >= 11 is 0. The van der Waals surface area contributed by atoms with Gasteiger partial charge in [0, 0.05) is 6.61 Å². The normalized spacial score (nSPS) is 11.2.